The molecule has 0 saturated heterocycles. The van der Waals surface area contributed by atoms with E-state index in [1.807, 2.05) is 25.1 Å². The van der Waals surface area contributed by atoms with E-state index in [1.165, 1.54) is 12.2 Å². The highest BCUT2D eigenvalue weighted by Crippen LogP contribution is 2.31. The molecule has 0 aromatic heterocycles. The number of benzene rings is 1. The molecule has 0 unspecified atom stereocenters. The van der Waals surface area contributed by atoms with Gasteiger partial charge in [-0.3, -0.25) is 10.1 Å². The number of nitro groups is 1. The Balaban J connectivity index is 2.71. The van der Waals surface area contributed by atoms with Gasteiger partial charge in [-0.05, 0) is 48.6 Å². The predicted octanol–water partition coefficient (Wildman–Crippen LogP) is 4.49. The Morgan fingerprint density at radius 2 is 2.21 bits per heavy atom. The van der Waals surface area contributed by atoms with Crippen molar-refractivity contribution >= 4 is 11.6 Å². The Morgan fingerprint density at radius 1 is 1.42 bits per heavy atom. The Hall–Kier alpha value is -3.37. The fraction of sp³-hybridized carbons (Fsp3) is 0.150. The summed E-state index contributed by atoms with van der Waals surface area (Å²) in [6.45, 7) is 1.89. The van der Waals surface area contributed by atoms with E-state index in [2.05, 4.69) is 12.0 Å². The van der Waals surface area contributed by atoms with Crippen molar-refractivity contribution in [3.8, 4) is 18.4 Å². The molecule has 0 bridgehead atoms. The highest BCUT2D eigenvalue weighted by Gasteiger charge is 2.16. The quantitative estimate of drug-likeness (QED) is 0.469. The molecule has 118 valence electrons. The van der Waals surface area contributed by atoms with E-state index in [-0.39, 0.29) is 5.70 Å². The van der Waals surface area contributed by atoms with Crippen LogP contribution < -0.4 is 0 Å². The van der Waals surface area contributed by atoms with Crippen molar-refractivity contribution in [3.63, 3.8) is 0 Å². The number of hydrogen-bond donors (Lipinski definition) is 0. The lowest BCUT2D eigenvalue weighted by atomic mass is 9.89. The standard InChI is InChI=1S/C20H16N2O2/c1-3-7-17-12-15(14-21)10-11-20(17)19-9-6-5-8-18(22(23)24)13-16(19)4-2/h2-3,5,7-8,10-13H,6,9H2,1H3/b7-3+,8-5-,18-13+,19-16+. The van der Waals surface area contributed by atoms with E-state index in [0.717, 1.165) is 16.7 Å². The van der Waals surface area contributed by atoms with Crippen LogP contribution in [-0.4, -0.2) is 4.92 Å². The van der Waals surface area contributed by atoms with Gasteiger partial charge in [-0.25, -0.2) is 0 Å². The highest BCUT2D eigenvalue weighted by atomic mass is 16.6. The topological polar surface area (TPSA) is 66.9 Å². The molecule has 1 aliphatic rings. The number of terminal acetylenes is 1. The zero-order valence-corrected chi connectivity index (χ0v) is 13.3. The zero-order valence-electron chi connectivity index (χ0n) is 13.3. The summed E-state index contributed by atoms with van der Waals surface area (Å²) in [5.41, 5.74) is 3.68. The lowest BCUT2D eigenvalue weighted by molar-refractivity contribution is -0.419. The maximum absolute atomic E-state index is 11.1. The molecule has 0 atom stereocenters. The van der Waals surface area contributed by atoms with Crippen LogP contribution in [0.5, 0.6) is 0 Å². The van der Waals surface area contributed by atoms with Crippen molar-refractivity contribution < 1.29 is 4.92 Å². The molecule has 0 radical (unpaired) electrons. The molecule has 1 aromatic carbocycles. The first-order chi connectivity index (χ1) is 11.6. The van der Waals surface area contributed by atoms with Gasteiger partial charge in [0, 0.05) is 17.7 Å². The molecule has 4 nitrogen and oxygen atoms in total. The molecule has 0 N–H and O–H groups in total. The lowest BCUT2D eigenvalue weighted by Crippen LogP contribution is -2.00. The van der Waals surface area contributed by atoms with Gasteiger partial charge in [-0.15, -0.1) is 6.42 Å². The normalized spacial score (nSPS) is 21.0. The van der Waals surface area contributed by atoms with Gasteiger partial charge in [0.15, 0.2) is 0 Å². The van der Waals surface area contributed by atoms with Crippen LogP contribution in [-0.2, 0) is 0 Å². The van der Waals surface area contributed by atoms with Crippen molar-refractivity contribution in [1.29, 1.82) is 5.26 Å². The van der Waals surface area contributed by atoms with E-state index < -0.39 is 4.92 Å². The molecule has 1 aliphatic carbocycles. The van der Waals surface area contributed by atoms with Crippen molar-refractivity contribution in [2.75, 3.05) is 0 Å². The van der Waals surface area contributed by atoms with Crippen molar-refractivity contribution in [1.82, 2.24) is 0 Å². The Labute approximate surface area is 141 Å². The molecular formula is C20H16N2O2. The second kappa shape index (κ2) is 7.76. The number of hydrogen-bond acceptors (Lipinski definition) is 3. The zero-order chi connectivity index (χ0) is 17.5. The summed E-state index contributed by atoms with van der Waals surface area (Å²) in [4.78, 5) is 10.7. The molecule has 0 fully saturated rings. The number of nitriles is 1. The van der Waals surface area contributed by atoms with Crippen LogP contribution in [0.25, 0.3) is 11.6 Å². The van der Waals surface area contributed by atoms with Crippen LogP contribution in [0.3, 0.4) is 0 Å². The van der Waals surface area contributed by atoms with Gasteiger partial charge in [0.25, 0.3) is 5.70 Å². The molecule has 24 heavy (non-hydrogen) atoms. The average molecular weight is 316 g/mol. The molecule has 0 heterocycles. The van der Waals surface area contributed by atoms with Crippen LogP contribution >= 0.6 is 0 Å². The van der Waals surface area contributed by atoms with E-state index in [0.29, 0.717) is 24.0 Å². The summed E-state index contributed by atoms with van der Waals surface area (Å²) in [6, 6.07) is 7.50. The van der Waals surface area contributed by atoms with Crippen molar-refractivity contribution in [2.45, 2.75) is 19.8 Å². The van der Waals surface area contributed by atoms with Crippen LogP contribution in [0.4, 0.5) is 0 Å². The Kier molecular flexibility index (Phi) is 5.49. The third-order valence-corrected chi connectivity index (χ3v) is 3.69. The summed E-state index contributed by atoms with van der Waals surface area (Å²) in [5.74, 6) is 2.58. The molecule has 0 spiro atoms. The summed E-state index contributed by atoms with van der Waals surface area (Å²) in [6.07, 6.45) is 15.4. The van der Waals surface area contributed by atoms with E-state index in [1.54, 1.807) is 18.2 Å². The van der Waals surface area contributed by atoms with Gasteiger partial charge in [0.1, 0.15) is 0 Å². The first-order valence-electron chi connectivity index (χ1n) is 7.50. The third-order valence-electron chi connectivity index (χ3n) is 3.69. The first-order valence-corrected chi connectivity index (χ1v) is 7.50. The van der Waals surface area contributed by atoms with Gasteiger partial charge in [0.05, 0.1) is 16.6 Å². The second-order valence-corrected chi connectivity index (χ2v) is 5.22. The Morgan fingerprint density at radius 3 is 2.83 bits per heavy atom. The van der Waals surface area contributed by atoms with Crippen LogP contribution in [0.2, 0.25) is 0 Å². The monoisotopic (exact) mass is 316 g/mol. The van der Waals surface area contributed by atoms with Gasteiger partial charge in [0.2, 0.25) is 0 Å². The maximum Gasteiger partial charge on any atom is 0.270 e. The SMILES string of the molecule is C#CC1=C(\c2ccc(C#N)cc2/C=C/C)CC\C=C/C([N+](=O)[O-])=C\1. The lowest BCUT2D eigenvalue weighted by Gasteiger charge is -2.14. The molecule has 1 aromatic rings. The van der Waals surface area contributed by atoms with Crippen molar-refractivity contribution in [2.24, 2.45) is 0 Å². The van der Waals surface area contributed by atoms with Crippen LogP contribution in [0.15, 0.2) is 53.8 Å². The number of allylic oxidation sites excluding steroid dienone is 6. The van der Waals surface area contributed by atoms with E-state index in [4.69, 9.17) is 11.7 Å². The highest BCUT2D eigenvalue weighted by molar-refractivity contribution is 5.81. The predicted molar refractivity (Wildman–Crippen MR) is 95.1 cm³/mol. The number of nitrogens with zero attached hydrogens (tertiary/aromatic N) is 2. The van der Waals surface area contributed by atoms with Gasteiger partial charge >= 0.3 is 0 Å². The minimum Gasteiger partial charge on any atom is -0.258 e. The largest absolute Gasteiger partial charge is 0.270 e. The molecule has 0 aliphatic heterocycles. The second-order valence-electron chi connectivity index (χ2n) is 5.22. The van der Waals surface area contributed by atoms with Gasteiger partial charge in [-0.1, -0.05) is 30.2 Å². The Bertz CT molecular complexity index is 872. The fourth-order valence-electron chi connectivity index (χ4n) is 2.60. The first kappa shape index (κ1) is 17.0. The fourth-order valence-corrected chi connectivity index (χ4v) is 2.60. The smallest absolute Gasteiger partial charge is 0.258 e. The summed E-state index contributed by atoms with van der Waals surface area (Å²) < 4.78 is 0. The number of rotatable bonds is 3. The van der Waals surface area contributed by atoms with E-state index >= 15 is 0 Å². The maximum atomic E-state index is 11.1. The summed E-state index contributed by atoms with van der Waals surface area (Å²) >= 11 is 0. The minimum atomic E-state index is -0.442. The van der Waals surface area contributed by atoms with E-state index in [9.17, 15) is 10.1 Å². The third kappa shape index (κ3) is 3.69. The molecule has 2 rings (SSSR count). The summed E-state index contributed by atoms with van der Waals surface area (Å²) in [7, 11) is 0. The van der Waals surface area contributed by atoms with Gasteiger partial charge in [-0.2, -0.15) is 5.26 Å². The van der Waals surface area contributed by atoms with Crippen LogP contribution in [0.1, 0.15) is 36.5 Å². The average Bonchev–Trinajstić information content (AvgIpc) is 2.55. The minimum absolute atomic E-state index is 0.0265. The van der Waals surface area contributed by atoms with Gasteiger partial charge < -0.3 is 0 Å². The van der Waals surface area contributed by atoms with Crippen molar-refractivity contribution in [3.05, 3.63) is 80.6 Å². The summed E-state index contributed by atoms with van der Waals surface area (Å²) in [5, 5.41) is 20.2. The molecular weight excluding hydrogens is 300 g/mol. The molecule has 4 heteroatoms. The van der Waals surface area contributed by atoms with Crippen LogP contribution in [0, 0.1) is 33.8 Å². The molecule has 0 saturated carbocycles. The molecule has 0 amide bonds.